The smallest absolute Gasteiger partial charge is 0.278 e. The first-order valence-corrected chi connectivity index (χ1v) is 9.10. The Bertz CT molecular complexity index is 940. The molecule has 0 atom stereocenters. The maximum Gasteiger partial charge on any atom is 0.278 e. The van der Waals surface area contributed by atoms with Crippen molar-refractivity contribution in [3.05, 3.63) is 70.8 Å². The van der Waals surface area contributed by atoms with Crippen LogP contribution in [-0.4, -0.2) is 52.5 Å². The van der Waals surface area contributed by atoms with Gasteiger partial charge in [0.2, 0.25) is 0 Å². The van der Waals surface area contributed by atoms with Crippen molar-refractivity contribution < 1.29 is 4.92 Å². The molecule has 0 N–H and O–H groups in total. The van der Waals surface area contributed by atoms with Crippen molar-refractivity contribution >= 4 is 22.1 Å². The summed E-state index contributed by atoms with van der Waals surface area (Å²) >= 11 is 0. The molecule has 3 aromatic rings. The molecule has 0 aliphatic carbocycles. The molecule has 0 saturated carbocycles. The Morgan fingerprint density at radius 1 is 0.926 bits per heavy atom. The summed E-state index contributed by atoms with van der Waals surface area (Å²) in [5.41, 5.74) is 2.46. The number of non-ortho nitro benzene ring substituents is 1. The number of anilines is 1. The number of hydrogen-bond donors (Lipinski definition) is 0. The molecule has 0 radical (unpaired) electrons. The van der Waals surface area contributed by atoms with E-state index in [9.17, 15) is 10.1 Å². The van der Waals surface area contributed by atoms with Crippen LogP contribution in [0.25, 0.3) is 10.8 Å². The van der Waals surface area contributed by atoms with Crippen LogP contribution in [0.2, 0.25) is 0 Å². The van der Waals surface area contributed by atoms with Crippen molar-refractivity contribution in [2.24, 2.45) is 0 Å². The molecule has 4 rings (SSSR count). The summed E-state index contributed by atoms with van der Waals surface area (Å²) in [6, 6.07) is 9.45. The SMILES string of the molecule is O=[N+]([O-])c1ccc(N2CCN(CCc3ccncc3)CC2)c2ccncc12. The van der Waals surface area contributed by atoms with Gasteiger partial charge in [-0.25, -0.2) is 0 Å². The number of benzene rings is 1. The molecule has 1 saturated heterocycles. The Morgan fingerprint density at radius 3 is 2.41 bits per heavy atom. The first-order valence-electron chi connectivity index (χ1n) is 9.10. The van der Waals surface area contributed by atoms with Gasteiger partial charge in [0, 0.05) is 74.7 Å². The van der Waals surface area contributed by atoms with E-state index in [0.717, 1.165) is 50.2 Å². The van der Waals surface area contributed by atoms with E-state index in [-0.39, 0.29) is 10.6 Å². The third-order valence-corrected chi connectivity index (χ3v) is 5.15. The van der Waals surface area contributed by atoms with E-state index in [1.807, 2.05) is 24.5 Å². The van der Waals surface area contributed by atoms with Gasteiger partial charge in [-0.05, 0) is 36.2 Å². The second-order valence-corrected chi connectivity index (χ2v) is 6.72. The van der Waals surface area contributed by atoms with Crippen molar-refractivity contribution in [1.29, 1.82) is 0 Å². The van der Waals surface area contributed by atoms with Gasteiger partial charge in [-0.3, -0.25) is 25.0 Å². The highest BCUT2D eigenvalue weighted by Crippen LogP contribution is 2.33. The molecule has 0 amide bonds. The summed E-state index contributed by atoms with van der Waals surface area (Å²) in [6.07, 6.45) is 7.97. The van der Waals surface area contributed by atoms with Crippen LogP contribution in [0.1, 0.15) is 5.56 Å². The summed E-state index contributed by atoms with van der Waals surface area (Å²) in [4.78, 5) is 23.9. The van der Waals surface area contributed by atoms with Crippen molar-refractivity contribution in [2.45, 2.75) is 6.42 Å². The van der Waals surface area contributed by atoms with Gasteiger partial charge in [0.15, 0.2) is 0 Å². The summed E-state index contributed by atoms with van der Waals surface area (Å²) in [7, 11) is 0. The van der Waals surface area contributed by atoms with E-state index in [0.29, 0.717) is 5.39 Å². The van der Waals surface area contributed by atoms with Crippen LogP contribution in [-0.2, 0) is 6.42 Å². The number of nitro benzene ring substituents is 1. The van der Waals surface area contributed by atoms with Crippen molar-refractivity contribution in [1.82, 2.24) is 14.9 Å². The van der Waals surface area contributed by atoms with Crippen molar-refractivity contribution in [2.75, 3.05) is 37.6 Å². The molecule has 2 aromatic heterocycles. The van der Waals surface area contributed by atoms with E-state index in [1.54, 1.807) is 18.5 Å². The quantitative estimate of drug-likeness (QED) is 0.512. The minimum atomic E-state index is -0.342. The van der Waals surface area contributed by atoms with Crippen molar-refractivity contribution in [3.63, 3.8) is 0 Å². The van der Waals surface area contributed by atoms with Crippen LogP contribution < -0.4 is 4.90 Å². The zero-order valence-electron chi connectivity index (χ0n) is 15.0. The lowest BCUT2D eigenvalue weighted by Crippen LogP contribution is -2.47. The van der Waals surface area contributed by atoms with Crippen LogP contribution in [0, 0.1) is 10.1 Å². The highest BCUT2D eigenvalue weighted by molar-refractivity contribution is 5.99. The van der Waals surface area contributed by atoms with Crippen LogP contribution in [0.15, 0.2) is 55.1 Å². The van der Waals surface area contributed by atoms with Gasteiger partial charge in [0.05, 0.1) is 10.3 Å². The normalized spacial score (nSPS) is 15.2. The highest BCUT2D eigenvalue weighted by atomic mass is 16.6. The van der Waals surface area contributed by atoms with Gasteiger partial charge in [-0.2, -0.15) is 0 Å². The Balaban J connectivity index is 1.45. The molecule has 3 heterocycles. The fraction of sp³-hybridized carbons (Fsp3) is 0.300. The summed E-state index contributed by atoms with van der Waals surface area (Å²) in [5, 5.41) is 12.8. The molecule has 7 heteroatoms. The van der Waals surface area contributed by atoms with Gasteiger partial charge in [-0.1, -0.05) is 0 Å². The van der Waals surface area contributed by atoms with E-state index in [2.05, 4.69) is 31.9 Å². The zero-order chi connectivity index (χ0) is 18.6. The van der Waals surface area contributed by atoms with Gasteiger partial charge < -0.3 is 4.90 Å². The Morgan fingerprint density at radius 2 is 1.67 bits per heavy atom. The molecule has 0 unspecified atom stereocenters. The number of nitro groups is 1. The molecule has 138 valence electrons. The van der Waals surface area contributed by atoms with Crippen LogP contribution in [0.3, 0.4) is 0 Å². The number of rotatable bonds is 5. The summed E-state index contributed by atoms with van der Waals surface area (Å²) in [5.74, 6) is 0. The Hall–Kier alpha value is -3.06. The average Bonchev–Trinajstić information content (AvgIpc) is 2.72. The predicted octanol–water partition coefficient (Wildman–Crippen LogP) is 2.90. The van der Waals surface area contributed by atoms with Gasteiger partial charge in [0.25, 0.3) is 5.69 Å². The number of hydrogen-bond acceptors (Lipinski definition) is 6. The molecule has 27 heavy (non-hydrogen) atoms. The molecule has 1 aromatic carbocycles. The van der Waals surface area contributed by atoms with E-state index in [4.69, 9.17) is 0 Å². The molecule has 1 fully saturated rings. The fourth-order valence-electron chi connectivity index (χ4n) is 3.64. The Labute approximate surface area is 157 Å². The summed E-state index contributed by atoms with van der Waals surface area (Å²) in [6.45, 7) is 4.81. The number of fused-ring (bicyclic) bond motifs is 1. The first kappa shape index (κ1) is 17.4. The second-order valence-electron chi connectivity index (χ2n) is 6.72. The van der Waals surface area contributed by atoms with E-state index in [1.165, 1.54) is 5.56 Å². The minimum absolute atomic E-state index is 0.109. The van der Waals surface area contributed by atoms with Crippen LogP contribution in [0.4, 0.5) is 11.4 Å². The summed E-state index contributed by atoms with van der Waals surface area (Å²) < 4.78 is 0. The first-order chi connectivity index (χ1) is 13.2. The topological polar surface area (TPSA) is 75.4 Å². The lowest BCUT2D eigenvalue weighted by atomic mass is 10.1. The van der Waals surface area contributed by atoms with Gasteiger partial charge in [-0.15, -0.1) is 0 Å². The highest BCUT2D eigenvalue weighted by Gasteiger charge is 2.21. The van der Waals surface area contributed by atoms with Gasteiger partial charge >= 0.3 is 0 Å². The lowest BCUT2D eigenvalue weighted by molar-refractivity contribution is -0.383. The maximum absolute atomic E-state index is 11.3. The van der Waals surface area contributed by atoms with Gasteiger partial charge in [0.1, 0.15) is 0 Å². The maximum atomic E-state index is 11.3. The van der Waals surface area contributed by atoms with Crippen LogP contribution >= 0.6 is 0 Å². The van der Waals surface area contributed by atoms with E-state index < -0.39 is 0 Å². The number of nitrogens with zero attached hydrogens (tertiary/aromatic N) is 5. The van der Waals surface area contributed by atoms with E-state index >= 15 is 0 Å². The number of aromatic nitrogens is 2. The second kappa shape index (κ2) is 7.67. The average molecular weight is 363 g/mol. The largest absolute Gasteiger partial charge is 0.368 e. The number of pyridine rings is 2. The molecule has 1 aliphatic rings. The van der Waals surface area contributed by atoms with Crippen molar-refractivity contribution in [3.8, 4) is 0 Å². The molecule has 0 bridgehead atoms. The number of piperazine rings is 1. The molecule has 1 aliphatic heterocycles. The predicted molar refractivity (Wildman–Crippen MR) is 105 cm³/mol. The Kier molecular flexibility index (Phi) is 4.93. The minimum Gasteiger partial charge on any atom is -0.368 e. The fourth-order valence-corrected chi connectivity index (χ4v) is 3.64. The molecule has 7 nitrogen and oxygen atoms in total. The standard InChI is InChI=1S/C20H21N5O2/c26-25(27)20-2-1-19(17-5-9-22-15-18(17)20)24-13-11-23(12-14-24)10-6-16-3-7-21-8-4-16/h1-5,7-9,15H,6,10-14H2. The van der Waals surface area contributed by atoms with Crippen LogP contribution in [0.5, 0.6) is 0 Å². The molecular formula is C20H21N5O2. The molecular weight excluding hydrogens is 342 g/mol. The lowest BCUT2D eigenvalue weighted by Gasteiger charge is -2.36. The monoisotopic (exact) mass is 363 g/mol. The molecule has 0 spiro atoms. The third-order valence-electron chi connectivity index (χ3n) is 5.15. The third kappa shape index (κ3) is 3.73. The zero-order valence-corrected chi connectivity index (χ0v) is 15.0.